The van der Waals surface area contributed by atoms with Crippen LogP contribution in [0, 0.1) is 0 Å². The van der Waals surface area contributed by atoms with Gasteiger partial charge in [0, 0.05) is 10.7 Å². The molecule has 1 aromatic rings. The summed E-state index contributed by atoms with van der Waals surface area (Å²) >= 11 is 3.25. The number of nitrogens with two attached hydrogens (primary N) is 1. The van der Waals surface area contributed by atoms with Gasteiger partial charge in [0.05, 0.1) is 5.69 Å². The van der Waals surface area contributed by atoms with Crippen LogP contribution in [0.15, 0.2) is 27.8 Å². The van der Waals surface area contributed by atoms with Crippen LogP contribution in [-0.4, -0.2) is 16.9 Å². The van der Waals surface area contributed by atoms with E-state index in [0.29, 0.717) is 5.69 Å². The lowest BCUT2D eigenvalue weighted by Crippen LogP contribution is -2.19. The Morgan fingerprint density at radius 3 is 2.79 bits per heavy atom. The SMILES string of the molecule is NC1=NC(=O)OC1c1ccc(Br)cn1. The minimum absolute atomic E-state index is 0.143. The van der Waals surface area contributed by atoms with E-state index < -0.39 is 12.2 Å². The largest absolute Gasteiger partial charge is 0.436 e. The highest BCUT2D eigenvalue weighted by molar-refractivity contribution is 9.10. The van der Waals surface area contributed by atoms with Crippen molar-refractivity contribution in [1.82, 2.24) is 4.98 Å². The smallest absolute Gasteiger partial charge is 0.430 e. The summed E-state index contributed by atoms with van der Waals surface area (Å²) in [5.74, 6) is 0.143. The molecule has 1 atom stereocenters. The van der Waals surface area contributed by atoms with Crippen LogP contribution in [0.5, 0.6) is 0 Å². The fourth-order valence-electron chi connectivity index (χ4n) is 1.11. The number of nitrogens with zero attached hydrogens (tertiary/aromatic N) is 2. The summed E-state index contributed by atoms with van der Waals surface area (Å²) in [4.78, 5) is 18.3. The number of carbonyl (C=O) groups is 1. The van der Waals surface area contributed by atoms with Crippen molar-refractivity contribution in [3.8, 4) is 0 Å². The van der Waals surface area contributed by atoms with Crippen LogP contribution in [0.25, 0.3) is 0 Å². The van der Waals surface area contributed by atoms with E-state index in [2.05, 4.69) is 25.9 Å². The monoisotopic (exact) mass is 255 g/mol. The molecule has 1 aliphatic heterocycles. The second-order valence-corrected chi connectivity index (χ2v) is 3.62. The Morgan fingerprint density at radius 2 is 2.29 bits per heavy atom. The molecule has 1 aliphatic rings. The summed E-state index contributed by atoms with van der Waals surface area (Å²) in [7, 11) is 0. The van der Waals surface area contributed by atoms with E-state index >= 15 is 0 Å². The van der Waals surface area contributed by atoms with Crippen LogP contribution >= 0.6 is 15.9 Å². The minimum atomic E-state index is -0.669. The summed E-state index contributed by atoms with van der Waals surface area (Å²) in [6.45, 7) is 0. The van der Waals surface area contributed by atoms with Crippen LogP contribution in [0.3, 0.4) is 0 Å². The molecular formula is C8H6BrN3O2. The number of hydrogen-bond donors (Lipinski definition) is 1. The van der Waals surface area contributed by atoms with Crippen molar-refractivity contribution in [2.45, 2.75) is 6.10 Å². The lowest BCUT2D eigenvalue weighted by Gasteiger charge is -2.07. The van der Waals surface area contributed by atoms with Gasteiger partial charge in [-0.15, -0.1) is 0 Å². The van der Waals surface area contributed by atoms with E-state index in [1.807, 2.05) is 0 Å². The number of carbonyl (C=O) groups excluding carboxylic acids is 1. The van der Waals surface area contributed by atoms with E-state index in [0.717, 1.165) is 4.47 Å². The highest BCUT2D eigenvalue weighted by Crippen LogP contribution is 2.22. The molecule has 1 aromatic heterocycles. The van der Waals surface area contributed by atoms with Gasteiger partial charge in [0.15, 0.2) is 5.84 Å². The second kappa shape index (κ2) is 3.38. The molecule has 0 bridgehead atoms. The Hall–Kier alpha value is -1.43. The average molecular weight is 256 g/mol. The van der Waals surface area contributed by atoms with Crippen LogP contribution in [0.4, 0.5) is 4.79 Å². The molecule has 6 heteroatoms. The van der Waals surface area contributed by atoms with Crippen molar-refractivity contribution in [3.05, 3.63) is 28.5 Å². The highest BCUT2D eigenvalue weighted by atomic mass is 79.9. The molecule has 0 saturated heterocycles. The van der Waals surface area contributed by atoms with Gasteiger partial charge in [-0.3, -0.25) is 4.98 Å². The molecular weight excluding hydrogens is 250 g/mol. The van der Waals surface area contributed by atoms with Crippen molar-refractivity contribution >= 4 is 27.9 Å². The first-order valence-corrected chi connectivity index (χ1v) is 4.62. The molecule has 0 saturated carbocycles. The normalized spacial score (nSPS) is 20.5. The minimum Gasteiger partial charge on any atom is -0.430 e. The van der Waals surface area contributed by atoms with Crippen LogP contribution < -0.4 is 5.73 Å². The molecule has 14 heavy (non-hydrogen) atoms. The number of amidine groups is 1. The lowest BCUT2D eigenvalue weighted by molar-refractivity contribution is 0.147. The third-order valence-electron chi connectivity index (χ3n) is 1.73. The number of aromatic nitrogens is 1. The summed E-state index contributed by atoms with van der Waals surface area (Å²) in [5, 5.41) is 0. The predicted molar refractivity (Wildman–Crippen MR) is 52.8 cm³/mol. The van der Waals surface area contributed by atoms with Crippen molar-refractivity contribution in [3.63, 3.8) is 0 Å². The number of aliphatic imine (C=N–C) groups is 1. The molecule has 0 spiro atoms. The molecule has 2 rings (SSSR count). The first-order chi connectivity index (χ1) is 6.66. The van der Waals surface area contributed by atoms with Gasteiger partial charge in [0.25, 0.3) is 0 Å². The number of halogens is 1. The summed E-state index contributed by atoms with van der Waals surface area (Å²) < 4.78 is 5.70. The van der Waals surface area contributed by atoms with Gasteiger partial charge in [-0.25, -0.2) is 4.79 Å². The van der Waals surface area contributed by atoms with Gasteiger partial charge < -0.3 is 10.5 Å². The summed E-state index contributed by atoms with van der Waals surface area (Å²) in [6, 6.07) is 3.51. The maximum Gasteiger partial charge on any atom is 0.436 e. The third-order valence-corrected chi connectivity index (χ3v) is 2.20. The van der Waals surface area contributed by atoms with Gasteiger partial charge in [0.2, 0.25) is 6.10 Å². The van der Waals surface area contributed by atoms with Gasteiger partial charge in [-0.1, -0.05) is 0 Å². The Morgan fingerprint density at radius 1 is 1.50 bits per heavy atom. The maximum atomic E-state index is 10.8. The maximum absolute atomic E-state index is 10.8. The Kier molecular flexibility index (Phi) is 2.20. The molecule has 0 aliphatic carbocycles. The van der Waals surface area contributed by atoms with Crippen LogP contribution in [-0.2, 0) is 4.74 Å². The van der Waals surface area contributed by atoms with E-state index in [-0.39, 0.29) is 5.84 Å². The van der Waals surface area contributed by atoms with Crippen molar-refractivity contribution in [1.29, 1.82) is 0 Å². The zero-order valence-corrected chi connectivity index (χ0v) is 8.56. The fourth-order valence-corrected chi connectivity index (χ4v) is 1.34. The lowest BCUT2D eigenvalue weighted by atomic mass is 10.2. The number of cyclic esters (lactones) is 1. The average Bonchev–Trinajstić information content (AvgIpc) is 2.47. The van der Waals surface area contributed by atoms with Crippen molar-refractivity contribution in [2.24, 2.45) is 10.7 Å². The van der Waals surface area contributed by atoms with E-state index in [4.69, 9.17) is 10.5 Å². The Bertz CT molecular complexity index is 402. The first kappa shape index (κ1) is 9.14. The molecule has 0 aromatic carbocycles. The second-order valence-electron chi connectivity index (χ2n) is 2.70. The van der Waals surface area contributed by atoms with Crippen LogP contribution in [0.2, 0.25) is 0 Å². The number of ether oxygens (including phenoxy) is 1. The first-order valence-electron chi connectivity index (χ1n) is 3.83. The van der Waals surface area contributed by atoms with Crippen molar-refractivity contribution < 1.29 is 9.53 Å². The summed E-state index contributed by atoms with van der Waals surface area (Å²) in [5.41, 5.74) is 6.06. The highest BCUT2D eigenvalue weighted by Gasteiger charge is 2.28. The summed E-state index contributed by atoms with van der Waals surface area (Å²) in [6.07, 6.45) is 0.294. The van der Waals surface area contributed by atoms with Crippen LogP contribution in [0.1, 0.15) is 11.8 Å². The van der Waals surface area contributed by atoms with E-state index in [1.54, 1.807) is 18.3 Å². The number of amides is 1. The quantitative estimate of drug-likeness (QED) is 0.823. The number of pyridine rings is 1. The van der Waals surface area contributed by atoms with Crippen molar-refractivity contribution in [2.75, 3.05) is 0 Å². The topological polar surface area (TPSA) is 77.6 Å². The Labute approximate surface area is 88.1 Å². The fraction of sp³-hybridized carbons (Fsp3) is 0.125. The standard InChI is InChI=1S/C8H6BrN3O2/c9-4-1-2-5(11-3-4)6-7(10)12-8(13)14-6/h1-3,6H,(H2,10,12,13). The molecule has 0 fully saturated rings. The molecule has 2 heterocycles. The Balaban J connectivity index is 2.29. The number of rotatable bonds is 1. The molecule has 2 N–H and O–H groups in total. The van der Waals surface area contributed by atoms with Gasteiger partial charge in [-0.2, -0.15) is 4.99 Å². The van der Waals surface area contributed by atoms with Gasteiger partial charge in [-0.05, 0) is 28.1 Å². The molecule has 0 radical (unpaired) electrons. The van der Waals surface area contributed by atoms with Gasteiger partial charge >= 0.3 is 6.09 Å². The van der Waals surface area contributed by atoms with E-state index in [9.17, 15) is 4.79 Å². The number of hydrogen-bond acceptors (Lipinski definition) is 4. The molecule has 72 valence electrons. The zero-order chi connectivity index (χ0) is 10.1. The van der Waals surface area contributed by atoms with E-state index in [1.165, 1.54) is 0 Å². The zero-order valence-electron chi connectivity index (χ0n) is 6.98. The third kappa shape index (κ3) is 1.60. The predicted octanol–water partition coefficient (Wildman–Crippen LogP) is 1.39. The molecule has 1 unspecified atom stereocenters. The molecule has 1 amide bonds. The van der Waals surface area contributed by atoms with Gasteiger partial charge in [0.1, 0.15) is 0 Å². The molecule has 5 nitrogen and oxygen atoms in total.